The van der Waals surface area contributed by atoms with Crippen LogP contribution in [0.25, 0.3) is 0 Å². The predicted molar refractivity (Wildman–Crippen MR) is 72.5 cm³/mol. The molecular weight excluding hydrogens is 246 g/mol. The van der Waals surface area contributed by atoms with Crippen molar-refractivity contribution in [3.05, 3.63) is 23.8 Å². The molecule has 1 amide bonds. The molecule has 0 saturated carbocycles. The molecule has 3 N–H and O–H groups in total. The lowest BCUT2D eigenvalue weighted by atomic mass is 10.0. The van der Waals surface area contributed by atoms with Gasteiger partial charge in [-0.05, 0) is 30.5 Å². The smallest absolute Gasteiger partial charge is 0.251 e. The van der Waals surface area contributed by atoms with Gasteiger partial charge in [-0.25, -0.2) is 0 Å². The summed E-state index contributed by atoms with van der Waals surface area (Å²) in [5.74, 6) is 0.302. The third kappa shape index (κ3) is 4.44. The van der Waals surface area contributed by atoms with Gasteiger partial charge >= 0.3 is 0 Å². The molecule has 19 heavy (non-hydrogen) atoms. The van der Waals surface area contributed by atoms with Crippen molar-refractivity contribution >= 4 is 5.91 Å². The topological polar surface area (TPSA) is 78.8 Å². The normalized spacial score (nSPS) is 11.9. The summed E-state index contributed by atoms with van der Waals surface area (Å²) in [4.78, 5) is 11.9. The second-order valence-corrected chi connectivity index (χ2v) is 4.38. The van der Waals surface area contributed by atoms with E-state index in [1.165, 1.54) is 13.2 Å². The molecule has 0 heterocycles. The first-order chi connectivity index (χ1) is 9.12. The molecule has 1 aromatic carbocycles. The Labute approximate surface area is 113 Å². The number of phenolic OH excluding ortho intramolecular Hbond substituents is 1. The summed E-state index contributed by atoms with van der Waals surface area (Å²) in [5.41, 5.74) is 0.386. The average molecular weight is 267 g/mol. The van der Waals surface area contributed by atoms with Crippen molar-refractivity contribution in [2.75, 3.05) is 20.3 Å². The van der Waals surface area contributed by atoms with Gasteiger partial charge in [0, 0.05) is 18.7 Å². The molecule has 106 valence electrons. The summed E-state index contributed by atoms with van der Waals surface area (Å²) < 4.78 is 4.92. The van der Waals surface area contributed by atoms with Crippen LogP contribution in [0.1, 0.15) is 30.1 Å². The van der Waals surface area contributed by atoms with Crippen molar-refractivity contribution in [3.8, 4) is 11.5 Å². The van der Waals surface area contributed by atoms with Gasteiger partial charge in [-0.3, -0.25) is 4.79 Å². The third-order valence-corrected chi connectivity index (χ3v) is 3.11. The monoisotopic (exact) mass is 267 g/mol. The van der Waals surface area contributed by atoms with Gasteiger partial charge < -0.3 is 20.3 Å². The number of phenols is 1. The third-order valence-electron chi connectivity index (χ3n) is 3.11. The fraction of sp³-hybridized carbons (Fsp3) is 0.500. The molecule has 5 nitrogen and oxygen atoms in total. The first-order valence-electron chi connectivity index (χ1n) is 6.38. The first kappa shape index (κ1) is 15.3. The molecule has 0 bridgehead atoms. The Hall–Kier alpha value is -1.75. The number of ether oxygens (including phenoxy) is 1. The van der Waals surface area contributed by atoms with Crippen molar-refractivity contribution in [1.29, 1.82) is 0 Å². The van der Waals surface area contributed by atoms with Gasteiger partial charge in [-0.1, -0.05) is 13.3 Å². The highest BCUT2D eigenvalue weighted by Gasteiger charge is 2.11. The number of rotatable bonds is 7. The highest BCUT2D eigenvalue weighted by atomic mass is 16.5. The second-order valence-electron chi connectivity index (χ2n) is 4.38. The van der Waals surface area contributed by atoms with E-state index < -0.39 is 0 Å². The van der Waals surface area contributed by atoms with E-state index in [1.54, 1.807) is 12.1 Å². The Balaban J connectivity index is 2.60. The molecule has 0 spiro atoms. The number of aliphatic hydroxyl groups excluding tert-OH is 1. The van der Waals surface area contributed by atoms with E-state index in [1.807, 2.05) is 6.92 Å². The van der Waals surface area contributed by atoms with E-state index in [9.17, 15) is 9.90 Å². The van der Waals surface area contributed by atoms with Gasteiger partial charge in [0.05, 0.1) is 7.11 Å². The standard InChI is InChI=1S/C14H21NO4/c1-3-10(6-7-16)9-15-14(18)11-4-5-13(19-2)12(17)8-11/h4-5,8,10,16-17H,3,6-7,9H2,1-2H3,(H,15,18). The lowest BCUT2D eigenvalue weighted by Gasteiger charge is -2.14. The van der Waals surface area contributed by atoms with Gasteiger partial charge in [0.1, 0.15) is 0 Å². The minimum atomic E-state index is -0.241. The maximum absolute atomic E-state index is 11.9. The molecule has 1 unspecified atom stereocenters. The molecule has 1 rings (SSSR count). The Morgan fingerprint density at radius 1 is 1.47 bits per heavy atom. The number of carbonyl (C=O) groups is 1. The van der Waals surface area contributed by atoms with Crippen LogP contribution in [0, 0.1) is 5.92 Å². The van der Waals surface area contributed by atoms with Crippen molar-refractivity contribution < 1.29 is 19.7 Å². The molecule has 1 atom stereocenters. The maximum Gasteiger partial charge on any atom is 0.251 e. The maximum atomic E-state index is 11.9. The molecule has 0 radical (unpaired) electrons. The summed E-state index contributed by atoms with van der Waals surface area (Å²) in [6, 6.07) is 4.53. The lowest BCUT2D eigenvalue weighted by Crippen LogP contribution is -2.29. The van der Waals surface area contributed by atoms with Crippen LogP contribution in [-0.4, -0.2) is 36.4 Å². The second kappa shape index (κ2) is 7.63. The quantitative estimate of drug-likeness (QED) is 0.700. The fourth-order valence-electron chi connectivity index (χ4n) is 1.80. The number of hydrogen-bond acceptors (Lipinski definition) is 4. The van der Waals surface area contributed by atoms with Crippen molar-refractivity contribution in [2.24, 2.45) is 5.92 Å². The SMILES string of the molecule is CCC(CCO)CNC(=O)c1ccc(OC)c(O)c1. The molecule has 1 aromatic rings. The lowest BCUT2D eigenvalue weighted by molar-refractivity contribution is 0.0943. The minimum absolute atomic E-state index is 0.0578. The summed E-state index contributed by atoms with van der Waals surface area (Å²) in [5, 5.41) is 21.3. The fourth-order valence-corrected chi connectivity index (χ4v) is 1.80. The molecule has 0 saturated heterocycles. The molecule has 0 aromatic heterocycles. The van der Waals surface area contributed by atoms with Crippen molar-refractivity contribution in [1.82, 2.24) is 5.32 Å². The van der Waals surface area contributed by atoms with Crippen LogP contribution in [0.5, 0.6) is 11.5 Å². The zero-order valence-electron chi connectivity index (χ0n) is 11.3. The number of carbonyl (C=O) groups excluding carboxylic acids is 1. The number of methoxy groups -OCH3 is 1. The number of benzene rings is 1. The van der Waals surface area contributed by atoms with Crippen LogP contribution in [0.2, 0.25) is 0 Å². The van der Waals surface area contributed by atoms with Crippen molar-refractivity contribution in [2.45, 2.75) is 19.8 Å². The van der Waals surface area contributed by atoms with E-state index in [4.69, 9.17) is 9.84 Å². The van der Waals surface area contributed by atoms with Gasteiger partial charge in [-0.15, -0.1) is 0 Å². The van der Waals surface area contributed by atoms with E-state index >= 15 is 0 Å². The van der Waals surface area contributed by atoms with Gasteiger partial charge in [-0.2, -0.15) is 0 Å². The number of hydrogen-bond donors (Lipinski definition) is 3. The average Bonchev–Trinajstić information content (AvgIpc) is 2.42. The van der Waals surface area contributed by atoms with E-state index in [2.05, 4.69) is 5.32 Å². The highest BCUT2D eigenvalue weighted by molar-refractivity contribution is 5.94. The molecule has 5 heteroatoms. The minimum Gasteiger partial charge on any atom is -0.504 e. The Bertz CT molecular complexity index is 420. The largest absolute Gasteiger partial charge is 0.504 e. The number of aliphatic hydroxyl groups is 1. The molecular formula is C14H21NO4. The summed E-state index contributed by atoms with van der Waals surface area (Å²) >= 11 is 0. The summed E-state index contributed by atoms with van der Waals surface area (Å²) in [6.07, 6.45) is 1.57. The highest BCUT2D eigenvalue weighted by Crippen LogP contribution is 2.26. The van der Waals surface area contributed by atoms with Crippen LogP contribution in [0.3, 0.4) is 0 Å². The Kier molecular flexibility index (Phi) is 6.15. The van der Waals surface area contributed by atoms with Crippen molar-refractivity contribution in [3.63, 3.8) is 0 Å². The molecule has 0 aliphatic rings. The van der Waals surface area contributed by atoms with E-state index in [-0.39, 0.29) is 24.2 Å². The Morgan fingerprint density at radius 3 is 2.74 bits per heavy atom. The van der Waals surface area contributed by atoms with Crippen LogP contribution in [0.15, 0.2) is 18.2 Å². The Morgan fingerprint density at radius 2 is 2.21 bits per heavy atom. The van der Waals surface area contributed by atoms with Crippen LogP contribution >= 0.6 is 0 Å². The van der Waals surface area contributed by atoms with Gasteiger partial charge in [0.25, 0.3) is 5.91 Å². The number of nitrogens with one attached hydrogen (secondary N) is 1. The predicted octanol–water partition coefficient (Wildman–Crippen LogP) is 1.54. The van der Waals surface area contributed by atoms with Gasteiger partial charge in [0.2, 0.25) is 0 Å². The zero-order valence-corrected chi connectivity index (χ0v) is 11.3. The van der Waals surface area contributed by atoms with Crippen LogP contribution in [-0.2, 0) is 0 Å². The molecule has 0 aliphatic carbocycles. The van der Waals surface area contributed by atoms with E-state index in [0.717, 1.165) is 6.42 Å². The number of aromatic hydroxyl groups is 1. The van der Waals surface area contributed by atoms with E-state index in [0.29, 0.717) is 24.3 Å². The van der Waals surface area contributed by atoms with Crippen LogP contribution < -0.4 is 10.1 Å². The van der Waals surface area contributed by atoms with Crippen LogP contribution in [0.4, 0.5) is 0 Å². The molecule has 0 fully saturated rings. The van der Waals surface area contributed by atoms with Gasteiger partial charge in [0.15, 0.2) is 11.5 Å². The number of amides is 1. The summed E-state index contributed by atoms with van der Waals surface area (Å²) in [6.45, 7) is 2.66. The first-order valence-corrected chi connectivity index (χ1v) is 6.38. The molecule has 0 aliphatic heterocycles. The zero-order chi connectivity index (χ0) is 14.3. The summed E-state index contributed by atoms with van der Waals surface area (Å²) in [7, 11) is 1.45.